The lowest BCUT2D eigenvalue weighted by Crippen LogP contribution is -2.39. The van der Waals surface area contributed by atoms with Gasteiger partial charge in [-0.1, -0.05) is 44.4 Å². The quantitative estimate of drug-likeness (QED) is 0.489. The molecule has 1 aliphatic heterocycles. The van der Waals surface area contributed by atoms with E-state index in [9.17, 15) is 23.2 Å². The van der Waals surface area contributed by atoms with Crippen molar-refractivity contribution in [3.8, 4) is 6.07 Å². The second-order valence-corrected chi connectivity index (χ2v) is 7.18. The van der Waals surface area contributed by atoms with Gasteiger partial charge in [0.1, 0.15) is 12.4 Å². The van der Waals surface area contributed by atoms with E-state index in [0.29, 0.717) is 6.54 Å². The first-order valence-corrected chi connectivity index (χ1v) is 9.68. The highest BCUT2D eigenvalue weighted by atomic mass is 35.5. The summed E-state index contributed by atoms with van der Waals surface area (Å²) in [5.74, 6) is -0.465. The van der Waals surface area contributed by atoms with Crippen LogP contribution in [-0.4, -0.2) is 35.9 Å². The first kappa shape index (κ1) is 23.0. The molecule has 0 aliphatic carbocycles. The van der Waals surface area contributed by atoms with Crippen molar-refractivity contribution in [2.24, 2.45) is 4.99 Å². The highest BCUT2D eigenvalue weighted by Gasteiger charge is 2.50. The first-order valence-electron chi connectivity index (χ1n) is 9.34. The Bertz CT molecular complexity index is 793. The van der Waals surface area contributed by atoms with E-state index in [2.05, 4.69) is 22.7 Å². The van der Waals surface area contributed by atoms with Crippen LogP contribution >= 0.6 is 11.8 Å². The summed E-state index contributed by atoms with van der Waals surface area (Å²) in [7, 11) is 0. The third-order valence-corrected chi connectivity index (χ3v) is 4.83. The standard InChI is InChI=1S/C19H23ClF3N5O/c1-2-3-4-7-10-25-16(29)11-26-17-18(12-24,13-28(20)27-17)14-8-5-6-9-15(14)19(21,22)23/h5-6,8-9H,2-4,7,10-11,13H2,1H3,(H,25,29)(H,26,27). The van der Waals surface area contributed by atoms with Crippen LogP contribution in [0.15, 0.2) is 29.3 Å². The van der Waals surface area contributed by atoms with Gasteiger partial charge in [-0.3, -0.25) is 15.2 Å². The molecule has 6 nitrogen and oxygen atoms in total. The van der Waals surface area contributed by atoms with Gasteiger partial charge in [0.2, 0.25) is 5.91 Å². The lowest BCUT2D eigenvalue weighted by molar-refractivity contribution is -0.138. The summed E-state index contributed by atoms with van der Waals surface area (Å²) in [5, 5.41) is 12.5. The summed E-state index contributed by atoms with van der Waals surface area (Å²) in [6.07, 6.45) is -0.652. The van der Waals surface area contributed by atoms with Crippen molar-refractivity contribution in [3.05, 3.63) is 35.4 Å². The van der Waals surface area contributed by atoms with Gasteiger partial charge in [0.15, 0.2) is 5.41 Å². The zero-order chi connectivity index (χ0) is 21.5. The number of alkyl halides is 3. The summed E-state index contributed by atoms with van der Waals surface area (Å²) in [6.45, 7) is 2.01. The molecule has 0 aromatic heterocycles. The molecule has 1 aliphatic rings. The van der Waals surface area contributed by atoms with Gasteiger partial charge in [-0.25, -0.2) is 0 Å². The van der Waals surface area contributed by atoms with Gasteiger partial charge in [-0.15, -0.1) is 4.53 Å². The van der Waals surface area contributed by atoms with Gasteiger partial charge < -0.3 is 5.32 Å². The number of hydrazine groups is 1. The highest BCUT2D eigenvalue weighted by molar-refractivity contribution is 6.16. The van der Waals surface area contributed by atoms with E-state index in [4.69, 9.17) is 11.8 Å². The van der Waals surface area contributed by atoms with Crippen molar-refractivity contribution in [3.63, 3.8) is 0 Å². The minimum Gasteiger partial charge on any atom is -0.354 e. The van der Waals surface area contributed by atoms with E-state index in [1.807, 2.05) is 6.07 Å². The van der Waals surface area contributed by atoms with Crippen LogP contribution in [0.3, 0.4) is 0 Å². The number of carbonyl (C=O) groups is 1. The van der Waals surface area contributed by atoms with Crippen molar-refractivity contribution >= 4 is 23.5 Å². The number of amides is 1. The fourth-order valence-electron chi connectivity index (χ4n) is 3.15. The molecule has 1 atom stereocenters. The predicted molar refractivity (Wildman–Crippen MR) is 104 cm³/mol. The Morgan fingerprint density at radius 3 is 2.76 bits per heavy atom. The molecule has 2 N–H and O–H groups in total. The van der Waals surface area contributed by atoms with E-state index in [1.165, 1.54) is 18.2 Å². The average molecular weight is 430 g/mol. The molecule has 1 fully saturated rings. The fourth-order valence-corrected chi connectivity index (χ4v) is 3.41. The number of unbranched alkanes of at least 4 members (excludes halogenated alkanes) is 3. The minimum absolute atomic E-state index is 0.0900. The van der Waals surface area contributed by atoms with Gasteiger partial charge in [-0.2, -0.15) is 18.4 Å². The molecule has 0 radical (unpaired) electrons. The third-order valence-electron chi connectivity index (χ3n) is 4.62. The van der Waals surface area contributed by atoms with Gasteiger partial charge >= 0.3 is 6.18 Å². The molecule has 1 saturated heterocycles. The summed E-state index contributed by atoms with van der Waals surface area (Å²) in [6, 6.07) is 6.73. The molecule has 1 heterocycles. The maximum Gasteiger partial charge on any atom is 0.416 e. The summed E-state index contributed by atoms with van der Waals surface area (Å²) < 4.78 is 41.5. The van der Waals surface area contributed by atoms with Gasteiger partial charge in [0.05, 0.1) is 18.2 Å². The Kier molecular flexibility index (Phi) is 7.88. The number of amidine groups is 1. The number of benzene rings is 1. The highest BCUT2D eigenvalue weighted by Crippen LogP contribution is 2.40. The number of rotatable bonds is 8. The van der Waals surface area contributed by atoms with Crippen LogP contribution < -0.4 is 10.7 Å². The molecule has 1 unspecified atom stereocenters. The van der Waals surface area contributed by atoms with Crippen molar-refractivity contribution in [1.29, 1.82) is 5.26 Å². The van der Waals surface area contributed by atoms with Crippen LogP contribution in [0.25, 0.3) is 0 Å². The van der Waals surface area contributed by atoms with Crippen molar-refractivity contribution < 1.29 is 18.0 Å². The van der Waals surface area contributed by atoms with Crippen LogP contribution in [0.5, 0.6) is 0 Å². The molecule has 29 heavy (non-hydrogen) atoms. The first-order chi connectivity index (χ1) is 13.7. The molecule has 10 heteroatoms. The van der Waals surface area contributed by atoms with Gasteiger partial charge in [-0.05, 0) is 29.8 Å². The summed E-state index contributed by atoms with van der Waals surface area (Å²) in [4.78, 5) is 16.1. The molecule has 0 saturated carbocycles. The third kappa shape index (κ3) is 5.61. The molecule has 1 aromatic carbocycles. The molecular formula is C19H23ClF3N5O. The maximum atomic E-state index is 13.5. The molecular weight excluding hydrogens is 407 g/mol. The predicted octanol–water partition coefficient (Wildman–Crippen LogP) is 3.54. The number of hydrogen-bond acceptors (Lipinski definition) is 4. The second kappa shape index (κ2) is 9.94. The Morgan fingerprint density at radius 2 is 2.10 bits per heavy atom. The molecule has 1 aromatic rings. The lowest BCUT2D eigenvalue weighted by Gasteiger charge is -2.24. The number of nitriles is 1. The Labute approximate surface area is 172 Å². The zero-order valence-electron chi connectivity index (χ0n) is 16.0. The van der Waals surface area contributed by atoms with Crippen molar-refractivity contribution in [2.75, 3.05) is 19.6 Å². The van der Waals surface area contributed by atoms with Crippen molar-refractivity contribution in [1.82, 2.24) is 15.3 Å². The Balaban J connectivity index is 2.23. The summed E-state index contributed by atoms with van der Waals surface area (Å²) in [5.41, 5.74) is -0.379. The normalized spacial score (nSPS) is 21.0. The molecule has 2 rings (SSSR count). The SMILES string of the molecule is CCCCCCNC(=O)CN=C1NN(Cl)CC1(C#N)c1ccccc1C(F)(F)F. The number of nitrogens with one attached hydrogen (secondary N) is 2. The van der Waals surface area contributed by atoms with Crippen LogP contribution in [0.2, 0.25) is 0 Å². The number of nitrogens with zero attached hydrogens (tertiary/aromatic N) is 3. The Morgan fingerprint density at radius 1 is 1.38 bits per heavy atom. The number of aliphatic imine (C=N–C) groups is 1. The van der Waals surface area contributed by atoms with Crippen LogP contribution in [0, 0.1) is 11.3 Å². The van der Waals surface area contributed by atoms with Gasteiger partial charge in [0.25, 0.3) is 0 Å². The molecule has 1 amide bonds. The lowest BCUT2D eigenvalue weighted by atomic mass is 9.79. The van der Waals surface area contributed by atoms with Crippen LogP contribution in [0.4, 0.5) is 13.2 Å². The monoisotopic (exact) mass is 429 g/mol. The van der Waals surface area contributed by atoms with Crippen molar-refractivity contribution in [2.45, 2.75) is 44.2 Å². The smallest absolute Gasteiger partial charge is 0.354 e. The van der Waals surface area contributed by atoms with E-state index >= 15 is 0 Å². The number of hydrogen-bond donors (Lipinski definition) is 2. The van der Waals surface area contributed by atoms with Crippen LogP contribution in [-0.2, 0) is 16.4 Å². The zero-order valence-corrected chi connectivity index (χ0v) is 16.8. The molecule has 158 valence electrons. The largest absolute Gasteiger partial charge is 0.416 e. The topological polar surface area (TPSA) is 80.5 Å². The van der Waals surface area contributed by atoms with E-state index < -0.39 is 17.2 Å². The van der Waals surface area contributed by atoms with E-state index in [-0.39, 0.29) is 30.4 Å². The maximum absolute atomic E-state index is 13.5. The number of carbonyl (C=O) groups excluding carboxylic acids is 1. The Hall–Kier alpha value is -2.31. The van der Waals surface area contributed by atoms with E-state index in [1.54, 1.807) is 0 Å². The molecule has 0 spiro atoms. The van der Waals surface area contributed by atoms with E-state index in [0.717, 1.165) is 36.3 Å². The summed E-state index contributed by atoms with van der Waals surface area (Å²) >= 11 is 5.94. The second-order valence-electron chi connectivity index (χ2n) is 6.77. The average Bonchev–Trinajstić information content (AvgIpc) is 3.02. The van der Waals surface area contributed by atoms with Gasteiger partial charge in [0, 0.05) is 6.54 Å². The molecule has 0 bridgehead atoms. The minimum atomic E-state index is -4.65. The number of halogens is 4. The van der Waals surface area contributed by atoms with Crippen LogP contribution in [0.1, 0.15) is 43.7 Å². The fraction of sp³-hybridized carbons (Fsp3) is 0.526.